The highest BCUT2D eigenvalue weighted by Gasteiger charge is 2.45. The van der Waals surface area contributed by atoms with E-state index < -0.39 is 23.8 Å². The van der Waals surface area contributed by atoms with Gasteiger partial charge >= 0.3 is 0 Å². The molecule has 3 heterocycles. The molecule has 0 aromatic heterocycles. The molecule has 4 amide bonds. The van der Waals surface area contributed by atoms with Crippen molar-refractivity contribution < 1.29 is 19.2 Å². The molecule has 0 saturated carbocycles. The van der Waals surface area contributed by atoms with Crippen molar-refractivity contribution in [3.63, 3.8) is 0 Å². The smallest absolute Gasteiger partial charge is 0.262 e. The summed E-state index contributed by atoms with van der Waals surface area (Å²) < 4.78 is 0. The van der Waals surface area contributed by atoms with E-state index in [1.54, 1.807) is 12.1 Å². The molecule has 3 aliphatic heterocycles. The minimum absolute atomic E-state index is 0.113. The third kappa shape index (κ3) is 3.65. The molecule has 4 rings (SSSR count). The van der Waals surface area contributed by atoms with Gasteiger partial charge in [-0.05, 0) is 37.3 Å². The summed E-state index contributed by atoms with van der Waals surface area (Å²) in [6, 6.07) is 4.34. The van der Waals surface area contributed by atoms with Gasteiger partial charge in [0.15, 0.2) is 0 Å². The van der Waals surface area contributed by atoms with Crippen LogP contribution >= 0.6 is 0 Å². The van der Waals surface area contributed by atoms with Crippen molar-refractivity contribution in [3.05, 3.63) is 34.9 Å². The van der Waals surface area contributed by atoms with Crippen molar-refractivity contribution in [2.45, 2.75) is 63.6 Å². The van der Waals surface area contributed by atoms with E-state index in [0.717, 1.165) is 49.2 Å². The van der Waals surface area contributed by atoms with Crippen molar-refractivity contribution >= 4 is 23.6 Å². The van der Waals surface area contributed by atoms with Crippen LogP contribution in [-0.2, 0) is 16.1 Å². The van der Waals surface area contributed by atoms with E-state index in [4.69, 9.17) is 5.73 Å². The Morgan fingerprint density at radius 3 is 2.53 bits per heavy atom. The molecular formula is C22H28N4O4. The molecule has 2 fully saturated rings. The van der Waals surface area contributed by atoms with Crippen LogP contribution in [0.2, 0.25) is 0 Å². The maximum Gasteiger partial charge on any atom is 0.262 e. The van der Waals surface area contributed by atoms with Crippen LogP contribution in [0.25, 0.3) is 0 Å². The number of carbonyl (C=O) groups is 4. The Bertz CT molecular complexity index is 904. The van der Waals surface area contributed by atoms with Crippen LogP contribution in [0.5, 0.6) is 0 Å². The SMILES string of the molecule is CCCC1(N)CCN(Cc2cccc3c2C(=O)N(C2CCC(=O)NC2=O)C3=O)CC1. The Kier molecular flexibility index (Phi) is 5.46. The van der Waals surface area contributed by atoms with Gasteiger partial charge in [0.25, 0.3) is 11.8 Å². The Morgan fingerprint density at radius 2 is 1.87 bits per heavy atom. The third-order valence-corrected chi connectivity index (χ3v) is 6.55. The van der Waals surface area contributed by atoms with Crippen molar-refractivity contribution in [1.29, 1.82) is 0 Å². The topological polar surface area (TPSA) is 113 Å². The molecule has 2 saturated heterocycles. The van der Waals surface area contributed by atoms with Gasteiger partial charge in [0.2, 0.25) is 11.8 Å². The van der Waals surface area contributed by atoms with Crippen LogP contribution in [0, 0.1) is 0 Å². The summed E-state index contributed by atoms with van der Waals surface area (Å²) in [4.78, 5) is 53.1. The Morgan fingerprint density at radius 1 is 1.13 bits per heavy atom. The van der Waals surface area contributed by atoms with Crippen molar-refractivity contribution in [1.82, 2.24) is 15.1 Å². The lowest BCUT2D eigenvalue weighted by molar-refractivity contribution is -0.136. The fourth-order valence-corrected chi connectivity index (χ4v) is 4.86. The van der Waals surface area contributed by atoms with Gasteiger partial charge < -0.3 is 5.73 Å². The molecule has 0 radical (unpaired) electrons. The van der Waals surface area contributed by atoms with E-state index >= 15 is 0 Å². The maximum atomic E-state index is 13.2. The first kappa shape index (κ1) is 20.7. The summed E-state index contributed by atoms with van der Waals surface area (Å²) in [5.74, 6) is -1.88. The summed E-state index contributed by atoms with van der Waals surface area (Å²) in [5, 5.41) is 2.23. The quantitative estimate of drug-likeness (QED) is 0.703. The summed E-state index contributed by atoms with van der Waals surface area (Å²) >= 11 is 0. The molecule has 1 aromatic rings. The maximum absolute atomic E-state index is 13.2. The van der Waals surface area contributed by atoms with E-state index in [9.17, 15) is 19.2 Å². The summed E-state index contributed by atoms with van der Waals surface area (Å²) in [6.07, 6.45) is 4.16. The fourth-order valence-electron chi connectivity index (χ4n) is 4.86. The van der Waals surface area contributed by atoms with Gasteiger partial charge in [-0.15, -0.1) is 0 Å². The predicted octanol–water partition coefficient (Wildman–Crippen LogP) is 1.18. The number of amides is 4. The first-order valence-corrected chi connectivity index (χ1v) is 10.7. The zero-order chi connectivity index (χ0) is 21.5. The standard InChI is InChI=1S/C22H28N4O4/c1-2-8-22(23)9-11-25(12-10-22)13-14-4-3-5-15-18(14)21(30)26(20(15)29)16-6-7-17(27)24-19(16)28/h3-5,16H,2,6-13,23H2,1H3,(H,24,27,28). The van der Waals surface area contributed by atoms with Crippen molar-refractivity contribution in [2.75, 3.05) is 13.1 Å². The second kappa shape index (κ2) is 7.92. The molecule has 0 spiro atoms. The number of rotatable bonds is 5. The lowest BCUT2D eigenvalue weighted by atomic mass is 9.84. The van der Waals surface area contributed by atoms with E-state index in [1.807, 2.05) is 6.07 Å². The fraction of sp³-hybridized carbons (Fsp3) is 0.545. The normalized spacial score (nSPS) is 24.2. The summed E-state index contributed by atoms with van der Waals surface area (Å²) in [6.45, 7) is 4.40. The largest absolute Gasteiger partial charge is 0.325 e. The van der Waals surface area contributed by atoms with E-state index in [1.165, 1.54) is 0 Å². The number of nitrogens with zero attached hydrogens (tertiary/aromatic N) is 2. The highest BCUT2D eigenvalue weighted by atomic mass is 16.2. The van der Waals surface area contributed by atoms with Crippen molar-refractivity contribution in [3.8, 4) is 0 Å². The molecule has 0 bridgehead atoms. The average molecular weight is 412 g/mol. The van der Waals surface area contributed by atoms with Crippen LogP contribution in [0.4, 0.5) is 0 Å². The summed E-state index contributed by atoms with van der Waals surface area (Å²) in [7, 11) is 0. The number of piperidine rings is 2. The van der Waals surface area contributed by atoms with Gasteiger partial charge in [-0.3, -0.25) is 34.3 Å². The van der Waals surface area contributed by atoms with Crippen LogP contribution in [0.3, 0.4) is 0 Å². The zero-order valence-electron chi connectivity index (χ0n) is 17.3. The molecule has 3 aliphatic rings. The van der Waals surface area contributed by atoms with Crippen LogP contribution in [0.1, 0.15) is 71.7 Å². The van der Waals surface area contributed by atoms with Gasteiger partial charge in [0.05, 0.1) is 11.1 Å². The lowest BCUT2D eigenvalue weighted by Crippen LogP contribution is -2.54. The number of imide groups is 2. The van der Waals surface area contributed by atoms with Crippen LogP contribution < -0.4 is 11.1 Å². The number of likely N-dealkylation sites (tertiary alicyclic amines) is 1. The molecule has 1 atom stereocenters. The molecule has 3 N–H and O–H groups in total. The second-order valence-corrected chi connectivity index (χ2v) is 8.68. The third-order valence-electron chi connectivity index (χ3n) is 6.55. The molecule has 1 aromatic carbocycles. The second-order valence-electron chi connectivity index (χ2n) is 8.68. The molecular weight excluding hydrogens is 384 g/mol. The number of hydrogen-bond donors (Lipinski definition) is 2. The molecule has 1 unspecified atom stereocenters. The Balaban J connectivity index is 1.53. The number of hydrogen-bond acceptors (Lipinski definition) is 6. The molecule has 8 nitrogen and oxygen atoms in total. The molecule has 30 heavy (non-hydrogen) atoms. The Hall–Kier alpha value is -2.58. The van der Waals surface area contributed by atoms with Crippen LogP contribution in [0.15, 0.2) is 18.2 Å². The van der Waals surface area contributed by atoms with E-state index in [0.29, 0.717) is 17.7 Å². The van der Waals surface area contributed by atoms with Crippen molar-refractivity contribution in [2.24, 2.45) is 5.73 Å². The van der Waals surface area contributed by atoms with Gasteiger partial charge in [-0.1, -0.05) is 25.5 Å². The Labute approximate surface area is 175 Å². The number of carbonyl (C=O) groups excluding carboxylic acids is 4. The highest BCUT2D eigenvalue weighted by molar-refractivity contribution is 6.24. The highest BCUT2D eigenvalue weighted by Crippen LogP contribution is 2.32. The predicted molar refractivity (Wildman–Crippen MR) is 109 cm³/mol. The first-order valence-electron chi connectivity index (χ1n) is 10.7. The van der Waals surface area contributed by atoms with Gasteiger partial charge in [0, 0.05) is 31.6 Å². The molecule has 8 heteroatoms. The minimum atomic E-state index is -0.940. The average Bonchev–Trinajstić information content (AvgIpc) is 2.96. The van der Waals surface area contributed by atoms with Crippen LogP contribution in [-0.4, -0.2) is 58.1 Å². The first-order chi connectivity index (χ1) is 14.3. The van der Waals surface area contributed by atoms with E-state index in [2.05, 4.69) is 17.1 Å². The number of benzene rings is 1. The minimum Gasteiger partial charge on any atom is -0.325 e. The molecule has 160 valence electrons. The van der Waals surface area contributed by atoms with Gasteiger partial charge in [-0.2, -0.15) is 0 Å². The van der Waals surface area contributed by atoms with Gasteiger partial charge in [0.1, 0.15) is 6.04 Å². The number of nitrogens with two attached hydrogens (primary N) is 1. The number of fused-ring (bicyclic) bond motifs is 1. The lowest BCUT2D eigenvalue weighted by Gasteiger charge is -2.39. The molecule has 0 aliphatic carbocycles. The van der Waals surface area contributed by atoms with E-state index in [-0.39, 0.29) is 24.3 Å². The summed E-state index contributed by atoms with van der Waals surface area (Å²) in [5.41, 5.74) is 7.88. The number of nitrogens with one attached hydrogen (secondary N) is 1. The monoisotopic (exact) mass is 412 g/mol. The van der Waals surface area contributed by atoms with Gasteiger partial charge in [-0.25, -0.2) is 0 Å². The zero-order valence-corrected chi connectivity index (χ0v) is 17.3.